The SMILES string of the molecule is COC(=O)CS(=O)(=O)Cc1c(C(=O)O)sc2ccccc12. The van der Waals surface area contributed by atoms with Crippen molar-refractivity contribution < 1.29 is 27.9 Å². The number of hydrogen-bond donors (Lipinski definition) is 1. The van der Waals surface area contributed by atoms with Crippen LogP contribution in [0.2, 0.25) is 0 Å². The number of hydrogen-bond acceptors (Lipinski definition) is 6. The van der Waals surface area contributed by atoms with E-state index in [4.69, 9.17) is 0 Å². The molecule has 1 N–H and O–H groups in total. The predicted octanol–water partition coefficient (Wildman–Crippen LogP) is 1.69. The molecule has 0 radical (unpaired) electrons. The molecule has 1 heterocycles. The summed E-state index contributed by atoms with van der Waals surface area (Å²) < 4.78 is 29.0. The van der Waals surface area contributed by atoms with Gasteiger partial charge in [-0.2, -0.15) is 0 Å². The highest BCUT2D eigenvalue weighted by molar-refractivity contribution is 7.91. The summed E-state index contributed by atoms with van der Waals surface area (Å²) in [6.45, 7) is 0. The first kappa shape index (κ1) is 15.5. The van der Waals surface area contributed by atoms with Gasteiger partial charge in [-0.25, -0.2) is 13.2 Å². The summed E-state index contributed by atoms with van der Waals surface area (Å²) in [4.78, 5) is 22.4. The molecular weight excluding hydrogens is 316 g/mol. The lowest BCUT2D eigenvalue weighted by molar-refractivity contribution is -0.137. The first-order valence-electron chi connectivity index (χ1n) is 5.85. The normalized spacial score (nSPS) is 11.5. The van der Waals surface area contributed by atoms with Crippen LogP contribution in [0.5, 0.6) is 0 Å². The fourth-order valence-corrected chi connectivity index (χ4v) is 4.39. The number of carboxylic acids is 1. The number of fused-ring (bicyclic) bond motifs is 1. The van der Waals surface area contributed by atoms with Crippen molar-refractivity contribution in [3.05, 3.63) is 34.7 Å². The van der Waals surface area contributed by atoms with Crippen LogP contribution < -0.4 is 0 Å². The largest absolute Gasteiger partial charge is 0.477 e. The van der Waals surface area contributed by atoms with Crippen LogP contribution in [0.3, 0.4) is 0 Å². The summed E-state index contributed by atoms with van der Waals surface area (Å²) in [7, 11) is -2.70. The zero-order valence-electron chi connectivity index (χ0n) is 11.0. The molecule has 1 aromatic heterocycles. The highest BCUT2D eigenvalue weighted by Gasteiger charge is 2.25. The van der Waals surface area contributed by atoms with Crippen molar-refractivity contribution in [2.24, 2.45) is 0 Å². The van der Waals surface area contributed by atoms with E-state index in [-0.39, 0.29) is 10.4 Å². The van der Waals surface area contributed by atoms with Gasteiger partial charge in [0.1, 0.15) is 10.6 Å². The van der Waals surface area contributed by atoms with E-state index in [0.717, 1.165) is 18.4 Å². The molecule has 0 bridgehead atoms. The molecule has 0 amide bonds. The van der Waals surface area contributed by atoms with Crippen LogP contribution in [0.1, 0.15) is 15.2 Å². The summed E-state index contributed by atoms with van der Waals surface area (Å²) in [6, 6.07) is 6.85. The van der Waals surface area contributed by atoms with Crippen LogP contribution >= 0.6 is 11.3 Å². The first-order valence-corrected chi connectivity index (χ1v) is 8.49. The molecule has 0 aliphatic rings. The topological polar surface area (TPSA) is 97.7 Å². The van der Waals surface area contributed by atoms with Gasteiger partial charge in [-0.1, -0.05) is 18.2 Å². The Hall–Kier alpha value is -1.93. The standard InChI is InChI=1S/C13H12O6S2/c1-19-11(14)7-21(17,18)6-9-8-4-2-3-5-10(8)20-12(9)13(15)16/h2-5H,6-7H2,1H3,(H,15,16). The number of carboxylic acid groups (broad SMARTS) is 1. The third kappa shape index (κ3) is 3.40. The Labute approximate surface area is 124 Å². The third-order valence-corrected chi connectivity index (χ3v) is 5.43. The zero-order valence-corrected chi connectivity index (χ0v) is 12.7. The number of thiophene rings is 1. The molecule has 21 heavy (non-hydrogen) atoms. The monoisotopic (exact) mass is 328 g/mol. The number of rotatable bonds is 5. The van der Waals surface area contributed by atoms with Crippen molar-refractivity contribution in [1.29, 1.82) is 0 Å². The maximum atomic E-state index is 12.0. The van der Waals surface area contributed by atoms with Gasteiger partial charge in [-0.3, -0.25) is 4.79 Å². The number of benzene rings is 1. The molecule has 1 aromatic carbocycles. The maximum absolute atomic E-state index is 12.0. The minimum Gasteiger partial charge on any atom is -0.477 e. The molecule has 0 spiro atoms. The van der Waals surface area contributed by atoms with Crippen molar-refractivity contribution in [3.63, 3.8) is 0 Å². The summed E-state index contributed by atoms with van der Waals surface area (Å²) >= 11 is 1.02. The Balaban J connectivity index is 2.48. The van der Waals surface area contributed by atoms with Crippen molar-refractivity contribution >= 4 is 43.2 Å². The fourth-order valence-electron chi connectivity index (χ4n) is 1.92. The van der Waals surface area contributed by atoms with E-state index >= 15 is 0 Å². The number of methoxy groups -OCH3 is 1. The number of carbonyl (C=O) groups excluding carboxylic acids is 1. The minimum atomic E-state index is -3.79. The van der Waals surface area contributed by atoms with Crippen molar-refractivity contribution in [2.45, 2.75) is 5.75 Å². The lowest BCUT2D eigenvalue weighted by atomic mass is 10.1. The second-order valence-electron chi connectivity index (χ2n) is 4.32. The molecule has 0 aliphatic heterocycles. The number of carbonyl (C=O) groups is 2. The van der Waals surface area contributed by atoms with E-state index in [1.54, 1.807) is 24.3 Å². The molecule has 0 atom stereocenters. The molecule has 0 saturated heterocycles. The Morgan fingerprint density at radius 3 is 2.57 bits per heavy atom. The summed E-state index contributed by atoms with van der Waals surface area (Å²) in [6.07, 6.45) is 0. The molecule has 2 rings (SSSR count). The van der Waals surface area contributed by atoms with Gasteiger partial charge in [-0.05, 0) is 11.5 Å². The van der Waals surface area contributed by atoms with Gasteiger partial charge < -0.3 is 9.84 Å². The molecule has 0 aliphatic carbocycles. The Kier molecular flexibility index (Phi) is 4.29. The molecule has 0 unspecified atom stereocenters. The molecule has 0 saturated carbocycles. The molecule has 2 aromatic rings. The molecule has 8 heteroatoms. The van der Waals surface area contributed by atoms with Gasteiger partial charge in [0.2, 0.25) is 0 Å². The maximum Gasteiger partial charge on any atom is 0.346 e. The highest BCUT2D eigenvalue weighted by Crippen LogP contribution is 2.32. The van der Waals surface area contributed by atoms with Gasteiger partial charge in [-0.15, -0.1) is 11.3 Å². The smallest absolute Gasteiger partial charge is 0.346 e. The lowest BCUT2D eigenvalue weighted by Crippen LogP contribution is -2.19. The van der Waals surface area contributed by atoms with E-state index in [2.05, 4.69) is 4.74 Å². The molecular formula is C13H12O6S2. The van der Waals surface area contributed by atoms with E-state index < -0.39 is 33.3 Å². The van der Waals surface area contributed by atoms with Crippen molar-refractivity contribution in [3.8, 4) is 0 Å². The van der Waals surface area contributed by atoms with Gasteiger partial charge in [0.25, 0.3) is 0 Å². The number of ether oxygens (including phenoxy) is 1. The van der Waals surface area contributed by atoms with E-state index in [0.29, 0.717) is 10.1 Å². The number of esters is 1. The first-order chi connectivity index (χ1) is 9.84. The van der Waals surface area contributed by atoms with Crippen molar-refractivity contribution in [1.82, 2.24) is 0 Å². The average molecular weight is 328 g/mol. The summed E-state index contributed by atoms with van der Waals surface area (Å²) in [5, 5.41) is 9.79. The highest BCUT2D eigenvalue weighted by atomic mass is 32.2. The molecule has 6 nitrogen and oxygen atoms in total. The number of aromatic carboxylic acids is 1. The van der Waals surface area contributed by atoms with Crippen LogP contribution in [-0.4, -0.2) is 38.3 Å². The second kappa shape index (κ2) is 5.82. The van der Waals surface area contributed by atoms with Crippen LogP contribution in [0, 0.1) is 0 Å². The Morgan fingerprint density at radius 2 is 1.95 bits per heavy atom. The van der Waals surface area contributed by atoms with Gasteiger partial charge in [0.15, 0.2) is 9.84 Å². The van der Waals surface area contributed by atoms with E-state index in [9.17, 15) is 23.1 Å². The van der Waals surface area contributed by atoms with Crippen molar-refractivity contribution in [2.75, 3.05) is 12.9 Å². The quantitative estimate of drug-likeness (QED) is 0.839. The molecule has 112 valence electrons. The lowest BCUT2D eigenvalue weighted by Gasteiger charge is -2.04. The second-order valence-corrected chi connectivity index (χ2v) is 7.44. The Bertz CT molecular complexity index is 803. The fraction of sp³-hybridized carbons (Fsp3) is 0.231. The number of sulfone groups is 1. The third-order valence-electron chi connectivity index (χ3n) is 2.82. The van der Waals surface area contributed by atoms with Crippen LogP contribution in [0.4, 0.5) is 0 Å². The van der Waals surface area contributed by atoms with Gasteiger partial charge in [0, 0.05) is 10.3 Å². The van der Waals surface area contributed by atoms with Crippen LogP contribution in [0.15, 0.2) is 24.3 Å². The molecule has 0 fully saturated rings. The van der Waals surface area contributed by atoms with E-state index in [1.165, 1.54) is 0 Å². The predicted molar refractivity (Wildman–Crippen MR) is 78.3 cm³/mol. The van der Waals surface area contributed by atoms with Gasteiger partial charge >= 0.3 is 11.9 Å². The van der Waals surface area contributed by atoms with Crippen LogP contribution in [-0.2, 0) is 25.1 Å². The Morgan fingerprint density at radius 1 is 1.29 bits per heavy atom. The summed E-state index contributed by atoms with van der Waals surface area (Å²) in [5.74, 6) is -3.33. The minimum absolute atomic E-state index is 0.0235. The average Bonchev–Trinajstić information content (AvgIpc) is 2.77. The summed E-state index contributed by atoms with van der Waals surface area (Å²) in [5.41, 5.74) is 0.215. The van der Waals surface area contributed by atoms with Crippen LogP contribution in [0.25, 0.3) is 10.1 Å². The zero-order chi connectivity index (χ0) is 15.6. The van der Waals surface area contributed by atoms with E-state index in [1.807, 2.05) is 0 Å². The van der Waals surface area contributed by atoms with Gasteiger partial charge in [0.05, 0.1) is 12.9 Å².